The summed E-state index contributed by atoms with van der Waals surface area (Å²) in [4.78, 5) is 19.0. The Labute approximate surface area is 188 Å². The highest BCUT2D eigenvalue weighted by molar-refractivity contribution is 7.09. The van der Waals surface area contributed by atoms with Crippen molar-refractivity contribution in [2.45, 2.75) is 13.2 Å². The van der Waals surface area contributed by atoms with Crippen molar-refractivity contribution < 1.29 is 18.7 Å². The van der Waals surface area contributed by atoms with E-state index in [0.29, 0.717) is 41.1 Å². The molecule has 9 heteroatoms. The molecule has 0 saturated heterocycles. The summed E-state index contributed by atoms with van der Waals surface area (Å²) in [7, 11) is 1.57. The van der Waals surface area contributed by atoms with Crippen LogP contribution < -0.4 is 4.74 Å². The van der Waals surface area contributed by atoms with Crippen LogP contribution in [0.2, 0.25) is 10.0 Å². The molecule has 2 aromatic carbocycles. The average Bonchev–Trinajstić information content (AvgIpc) is 3.19. The SMILES string of the molecule is COCCN(Cc1csc(COc2cc(Cl)ccc2Cl)n1)C(=O)c1ccc(F)cc1. The standard InChI is InChI=1S/C21H19Cl2FN2O3S/c1-28-9-8-26(21(27)14-2-5-16(24)6-3-14)11-17-13-30-20(25-17)12-29-19-10-15(22)4-7-18(19)23/h2-7,10,13H,8-9,11-12H2,1H3. The summed E-state index contributed by atoms with van der Waals surface area (Å²) in [6.45, 7) is 1.29. The topological polar surface area (TPSA) is 51.7 Å². The lowest BCUT2D eigenvalue weighted by Crippen LogP contribution is -2.33. The van der Waals surface area contributed by atoms with Crippen molar-refractivity contribution in [2.75, 3.05) is 20.3 Å². The maximum atomic E-state index is 13.2. The second-order valence-corrected chi connectivity index (χ2v) is 8.11. The molecule has 0 fully saturated rings. The van der Waals surface area contributed by atoms with Crippen LogP contribution in [0.3, 0.4) is 0 Å². The normalized spacial score (nSPS) is 10.8. The second kappa shape index (κ2) is 10.7. The van der Waals surface area contributed by atoms with Gasteiger partial charge < -0.3 is 14.4 Å². The van der Waals surface area contributed by atoms with E-state index in [1.54, 1.807) is 30.2 Å². The van der Waals surface area contributed by atoms with Gasteiger partial charge in [-0.2, -0.15) is 0 Å². The van der Waals surface area contributed by atoms with Crippen molar-refractivity contribution in [1.29, 1.82) is 0 Å². The zero-order chi connectivity index (χ0) is 21.5. The minimum atomic E-state index is -0.390. The number of aromatic nitrogens is 1. The van der Waals surface area contributed by atoms with Crippen LogP contribution in [0.4, 0.5) is 4.39 Å². The van der Waals surface area contributed by atoms with Gasteiger partial charge in [0.1, 0.15) is 23.2 Å². The van der Waals surface area contributed by atoms with Crippen molar-refractivity contribution >= 4 is 40.4 Å². The molecule has 0 bridgehead atoms. The van der Waals surface area contributed by atoms with Gasteiger partial charge in [0.25, 0.3) is 5.91 Å². The molecule has 0 spiro atoms. The third-order valence-corrected chi connectivity index (χ3v) is 5.56. The smallest absolute Gasteiger partial charge is 0.254 e. The zero-order valence-electron chi connectivity index (χ0n) is 16.1. The summed E-state index contributed by atoms with van der Waals surface area (Å²) in [5.74, 6) is -0.128. The van der Waals surface area contributed by atoms with Crippen molar-refractivity contribution in [3.05, 3.63) is 80.0 Å². The van der Waals surface area contributed by atoms with Gasteiger partial charge in [0.05, 0.1) is 23.9 Å². The number of benzene rings is 2. The maximum absolute atomic E-state index is 13.2. The second-order valence-electron chi connectivity index (χ2n) is 6.32. The highest BCUT2D eigenvalue weighted by Crippen LogP contribution is 2.28. The van der Waals surface area contributed by atoms with Crippen LogP contribution >= 0.6 is 34.5 Å². The highest BCUT2D eigenvalue weighted by atomic mass is 35.5. The van der Waals surface area contributed by atoms with Crippen molar-refractivity contribution in [3.8, 4) is 5.75 Å². The fourth-order valence-corrected chi connectivity index (χ4v) is 3.67. The number of ether oxygens (including phenoxy) is 2. The molecule has 0 N–H and O–H groups in total. The Morgan fingerprint density at radius 3 is 2.70 bits per heavy atom. The zero-order valence-corrected chi connectivity index (χ0v) is 18.4. The van der Waals surface area contributed by atoms with E-state index in [1.807, 2.05) is 5.38 Å². The van der Waals surface area contributed by atoms with Gasteiger partial charge in [0.2, 0.25) is 0 Å². The van der Waals surface area contributed by atoms with Crippen LogP contribution in [0.1, 0.15) is 21.1 Å². The summed E-state index contributed by atoms with van der Waals surface area (Å²) >= 11 is 13.5. The number of hydrogen-bond donors (Lipinski definition) is 0. The summed E-state index contributed by atoms with van der Waals surface area (Å²) in [6.07, 6.45) is 0. The highest BCUT2D eigenvalue weighted by Gasteiger charge is 2.18. The van der Waals surface area contributed by atoms with Gasteiger partial charge in [-0.3, -0.25) is 4.79 Å². The van der Waals surface area contributed by atoms with Crippen LogP contribution in [0.5, 0.6) is 5.75 Å². The molecule has 0 aliphatic carbocycles. The van der Waals surface area contributed by atoms with Crippen LogP contribution in [0, 0.1) is 5.82 Å². The summed E-state index contributed by atoms with van der Waals surface area (Å²) in [6, 6.07) is 10.5. The van der Waals surface area contributed by atoms with Gasteiger partial charge in [-0.1, -0.05) is 23.2 Å². The lowest BCUT2D eigenvalue weighted by Gasteiger charge is -2.21. The molecule has 0 aliphatic rings. The van der Waals surface area contributed by atoms with Crippen molar-refractivity contribution in [2.24, 2.45) is 0 Å². The molecule has 0 atom stereocenters. The molecule has 0 radical (unpaired) electrons. The van der Waals surface area contributed by atoms with Crippen LogP contribution in [-0.4, -0.2) is 36.1 Å². The number of thiazole rings is 1. The fourth-order valence-electron chi connectivity index (χ4n) is 2.64. The van der Waals surface area contributed by atoms with E-state index >= 15 is 0 Å². The number of halogens is 3. The quantitative estimate of drug-likeness (QED) is 0.418. The molecule has 0 saturated carbocycles. The monoisotopic (exact) mass is 468 g/mol. The van der Waals surface area contributed by atoms with Gasteiger partial charge in [-0.05, 0) is 36.4 Å². The Morgan fingerprint density at radius 1 is 1.20 bits per heavy atom. The van der Waals surface area contributed by atoms with Gasteiger partial charge >= 0.3 is 0 Å². The number of carbonyl (C=O) groups excluding carboxylic acids is 1. The summed E-state index contributed by atoms with van der Waals surface area (Å²) in [5.41, 5.74) is 1.13. The van der Waals surface area contributed by atoms with Crippen LogP contribution in [0.25, 0.3) is 0 Å². The Balaban J connectivity index is 1.66. The molecule has 1 amide bonds. The molecule has 158 valence electrons. The Bertz CT molecular complexity index is 998. The molecule has 0 unspecified atom stereocenters. The fraction of sp³-hybridized carbons (Fsp3) is 0.238. The van der Waals surface area contributed by atoms with E-state index in [1.165, 1.54) is 35.6 Å². The number of carbonyl (C=O) groups is 1. The molecular formula is C21H19Cl2FN2O3S. The predicted molar refractivity (Wildman–Crippen MR) is 116 cm³/mol. The first-order valence-corrected chi connectivity index (χ1v) is 10.6. The molecule has 30 heavy (non-hydrogen) atoms. The van der Waals surface area contributed by atoms with Crippen LogP contribution in [0.15, 0.2) is 47.8 Å². The molecule has 3 rings (SSSR count). The van der Waals surface area contributed by atoms with E-state index in [4.69, 9.17) is 32.7 Å². The van der Waals surface area contributed by atoms with E-state index in [2.05, 4.69) is 4.98 Å². The van der Waals surface area contributed by atoms with Gasteiger partial charge in [-0.25, -0.2) is 9.37 Å². The first-order valence-electron chi connectivity index (χ1n) is 9.01. The van der Waals surface area contributed by atoms with Gasteiger partial charge in [0, 0.05) is 35.7 Å². The third kappa shape index (κ3) is 6.15. The average molecular weight is 469 g/mol. The molecule has 1 aromatic heterocycles. The van der Waals surface area contributed by atoms with Gasteiger partial charge in [-0.15, -0.1) is 11.3 Å². The Hall–Kier alpha value is -2.19. The van der Waals surface area contributed by atoms with E-state index in [9.17, 15) is 9.18 Å². The Morgan fingerprint density at radius 2 is 1.97 bits per heavy atom. The van der Waals surface area contributed by atoms with Crippen molar-refractivity contribution in [1.82, 2.24) is 9.88 Å². The largest absolute Gasteiger partial charge is 0.485 e. The van der Waals surface area contributed by atoms with E-state index < -0.39 is 0 Å². The lowest BCUT2D eigenvalue weighted by molar-refractivity contribution is 0.0678. The number of rotatable bonds is 9. The number of methoxy groups -OCH3 is 1. The number of nitrogens with zero attached hydrogens (tertiary/aromatic N) is 2. The van der Waals surface area contributed by atoms with Crippen LogP contribution in [-0.2, 0) is 17.9 Å². The summed E-state index contributed by atoms with van der Waals surface area (Å²) in [5, 5.41) is 3.60. The van der Waals surface area contributed by atoms with Crippen molar-refractivity contribution in [3.63, 3.8) is 0 Å². The first-order chi connectivity index (χ1) is 14.5. The Kier molecular flexibility index (Phi) is 8.04. The number of amides is 1. The first kappa shape index (κ1) is 22.5. The third-order valence-electron chi connectivity index (χ3n) is 4.14. The molecule has 3 aromatic rings. The van der Waals surface area contributed by atoms with E-state index in [0.717, 1.165) is 10.7 Å². The molecule has 0 aliphatic heterocycles. The maximum Gasteiger partial charge on any atom is 0.254 e. The molecular weight excluding hydrogens is 450 g/mol. The minimum absolute atomic E-state index is 0.219. The minimum Gasteiger partial charge on any atom is -0.485 e. The lowest BCUT2D eigenvalue weighted by atomic mass is 10.2. The predicted octanol–water partition coefficient (Wildman–Crippen LogP) is 5.46. The molecule has 5 nitrogen and oxygen atoms in total. The van der Waals surface area contributed by atoms with E-state index in [-0.39, 0.29) is 18.3 Å². The molecule has 1 heterocycles. The van der Waals surface area contributed by atoms with Gasteiger partial charge in [0.15, 0.2) is 0 Å². The summed E-state index contributed by atoms with van der Waals surface area (Å²) < 4.78 is 24.0. The number of hydrogen-bond acceptors (Lipinski definition) is 5.